The van der Waals surface area contributed by atoms with Crippen LogP contribution in [0.25, 0.3) is 10.8 Å². The Labute approximate surface area is 149 Å². The third-order valence-electron chi connectivity index (χ3n) is 4.48. The van der Waals surface area contributed by atoms with Gasteiger partial charge in [0.1, 0.15) is 10.9 Å². The van der Waals surface area contributed by atoms with Crippen LogP contribution in [-0.4, -0.2) is 32.5 Å². The number of amides is 1. The summed E-state index contributed by atoms with van der Waals surface area (Å²) < 4.78 is 5.88. The topological polar surface area (TPSA) is 72.1 Å². The molecule has 3 heterocycles. The normalized spacial score (nSPS) is 17.2. The van der Waals surface area contributed by atoms with Gasteiger partial charge < -0.3 is 9.32 Å². The highest BCUT2D eigenvalue weighted by molar-refractivity contribution is 7.13. The van der Waals surface area contributed by atoms with Crippen LogP contribution in [-0.2, 0) is 0 Å². The average Bonchev–Trinajstić information content (AvgIpc) is 3.34. The van der Waals surface area contributed by atoms with E-state index in [2.05, 4.69) is 15.2 Å². The highest BCUT2D eigenvalue weighted by Gasteiger charge is 2.34. The third kappa shape index (κ3) is 2.95. The number of nitrogens with zero attached hydrogens (tertiary/aromatic N) is 4. The molecule has 0 saturated carbocycles. The summed E-state index contributed by atoms with van der Waals surface area (Å²) in [6, 6.07) is 7.48. The number of aromatic nitrogens is 3. The zero-order valence-corrected chi connectivity index (χ0v) is 14.9. The monoisotopic (exact) mass is 354 g/mol. The first-order valence-corrected chi connectivity index (χ1v) is 9.13. The third-order valence-corrected chi connectivity index (χ3v) is 5.39. The van der Waals surface area contributed by atoms with Gasteiger partial charge in [-0.1, -0.05) is 17.7 Å². The van der Waals surface area contributed by atoms with Crippen LogP contribution >= 0.6 is 11.3 Å². The molecule has 1 aliphatic rings. The van der Waals surface area contributed by atoms with Crippen LogP contribution in [0.15, 0.2) is 34.2 Å². The predicted octanol–water partition coefficient (Wildman–Crippen LogP) is 3.79. The molecule has 6 nitrogen and oxygen atoms in total. The van der Waals surface area contributed by atoms with Gasteiger partial charge >= 0.3 is 0 Å². The SMILES string of the molecule is Cc1ccc(C(=O)N2CCC[C@@H]2c2nnc(-c3scnc3C)o2)cc1. The first-order valence-electron chi connectivity index (χ1n) is 8.25. The fraction of sp³-hybridized carbons (Fsp3) is 0.333. The second kappa shape index (κ2) is 6.40. The smallest absolute Gasteiger partial charge is 0.259 e. The standard InChI is InChI=1S/C18H18N4O2S/c1-11-5-7-13(8-6-11)18(23)22-9-3-4-14(22)16-20-21-17(24-16)15-12(2)19-10-25-15/h5-8,10,14H,3-4,9H2,1-2H3/t14-/m1/s1. The molecule has 7 heteroatoms. The summed E-state index contributed by atoms with van der Waals surface area (Å²) in [7, 11) is 0. The van der Waals surface area contributed by atoms with Gasteiger partial charge in [-0.25, -0.2) is 4.98 Å². The lowest BCUT2D eigenvalue weighted by Crippen LogP contribution is -2.30. The van der Waals surface area contributed by atoms with Gasteiger partial charge in [0.15, 0.2) is 0 Å². The molecule has 1 aromatic carbocycles. The van der Waals surface area contributed by atoms with Crippen molar-refractivity contribution in [1.29, 1.82) is 0 Å². The summed E-state index contributed by atoms with van der Waals surface area (Å²) in [5, 5.41) is 8.36. The van der Waals surface area contributed by atoms with Gasteiger partial charge in [-0.05, 0) is 38.8 Å². The largest absolute Gasteiger partial charge is 0.418 e. The summed E-state index contributed by atoms with van der Waals surface area (Å²) in [6.45, 7) is 4.63. The Morgan fingerprint density at radius 3 is 2.76 bits per heavy atom. The Morgan fingerprint density at radius 1 is 1.24 bits per heavy atom. The van der Waals surface area contributed by atoms with E-state index in [0.717, 1.165) is 29.0 Å². The first-order chi connectivity index (χ1) is 12.1. The molecule has 0 N–H and O–H groups in total. The number of carbonyl (C=O) groups excluding carboxylic acids is 1. The number of hydrogen-bond donors (Lipinski definition) is 0. The summed E-state index contributed by atoms with van der Waals surface area (Å²) in [6.07, 6.45) is 1.76. The lowest BCUT2D eigenvalue weighted by Gasteiger charge is -2.22. The van der Waals surface area contributed by atoms with Gasteiger partial charge in [-0.2, -0.15) is 0 Å². The quantitative estimate of drug-likeness (QED) is 0.715. The lowest BCUT2D eigenvalue weighted by atomic mass is 10.1. The molecule has 0 radical (unpaired) electrons. The molecule has 0 spiro atoms. The van der Waals surface area contributed by atoms with Crippen molar-refractivity contribution >= 4 is 17.2 Å². The van der Waals surface area contributed by atoms with Crippen molar-refractivity contribution in [2.75, 3.05) is 6.54 Å². The lowest BCUT2D eigenvalue weighted by molar-refractivity contribution is 0.0716. The molecule has 3 aromatic rings. The van der Waals surface area contributed by atoms with Crippen molar-refractivity contribution < 1.29 is 9.21 Å². The molecule has 1 atom stereocenters. The maximum atomic E-state index is 12.9. The van der Waals surface area contributed by atoms with Crippen molar-refractivity contribution in [3.8, 4) is 10.8 Å². The van der Waals surface area contributed by atoms with Crippen molar-refractivity contribution in [1.82, 2.24) is 20.1 Å². The van der Waals surface area contributed by atoms with Crippen molar-refractivity contribution in [2.45, 2.75) is 32.7 Å². The molecule has 4 rings (SSSR count). The van der Waals surface area contributed by atoms with Crippen LogP contribution in [0.3, 0.4) is 0 Å². The Bertz CT molecular complexity index is 900. The molecule has 1 aliphatic heterocycles. The van der Waals surface area contributed by atoms with Crippen LogP contribution in [0, 0.1) is 13.8 Å². The molecule has 0 unspecified atom stereocenters. The van der Waals surface area contributed by atoms with Crippen molar-refractivity contribution in [3.63, 3.8) is 0 Å². The number of aryl methyl sites for hydroxylation is 2. The van der Waals surface area contributed by atoms with Gasteiger partial charge in [-0.15, -0.1) is 21.5 Å². The number of thiazole rings is 1. The molecular formula is C18H18N4O2S. The number of rotatable bonds is 3. The van der Waals surface area contributed by atoms with Crippen molar-refractivity contribution in [3.05, 3.63) is 52.5 Å². The number of benzene rings is 1. The summed E-state index contributed by atoms with van der Waals surface area (Å²) in [5.74, 6) is 0.988. The molecule has 128 valence electrons. The average molecular weight is 354 g/mol. The van der Waals surface area contributed by atoms with E-state index in [1.807, 2.05) is 43.0 Å². The van der Waals surface area contributed by atoms with Gasteiger partial charge in [0.25, 0.3) is 11.8 Å². The van der Waals surface area contributed by atoms with E-state index in [1.54, 1.807) is 5.51 Å². The molecule has 0 bridgehead atoms. The van der Waals surface area contributed by atoms with E-state index in [0.29, 0.717) is 23.9 Å². The van der Waals surface area contributed by atoms with Gasteiger partial charge in [-0.3, -0.25) is 4.79 Å². The van der Waals surface area contributed by atoms with Crippen LogP contribution in [0.5, 0.6) is 0 Å². The van der Waals surface area contributed by atoms with E-state index >= 15 is 0 Å². The summed E-state index contributed by atoms with van der Waals surface area (Å²) >= 11 is 1.48. The maximum absolute atomic E-state index is 12.9. The van der Waals surface area contributed by atoms with E-state index in [1.165, 1.54) is 11.3 Å². The van der Waals surface area contributed by atoms with E-state index in [-0.39, 0.29) is 11.9 Å². The maximum Gasteiger partial charge on any atom is 0.259 e. The fourth-order valence-corrected chi connectivity index (χ4v) is 3.82. The van der Waals surface area contributed by atoms with Gasteiger partial charge in [0.2, 0.25) is 5.89 Å². The minimum absolute atomic E-state index is 0.0104. The highest BCUT2D eigenvalue weighted by Crippen LogP contribution is 2.34. The van der Waals surface area contributed by atoms with Crippen LogP contribution in [0.4, 0.5) is 0 Å². The fourth-order valence-electron chi connectivity index (χ4n) is 3.10. The number of likely N-dealkylation sites (tertiary alicyclic amines) is 1. The Morgan fingerprint density at radius 2 is 2.04 bits per heavy atom. The molecule has 1 saturated heterocycles. The van der Waals surface area contributed by atoms with E-state index in [4.69, 9.17) is 4.42 Å². The van der Waals surface area contributed by atoms with E-state index < -0.39 is 0 Å². The molecule has 1 fully saturated rings. The minimum Gasteiger partial charge on any atom is -0.418 e. The summed E-state index contributed by atoms with van der Waals surface area (Å²) in [4.78, 5) is 19.8. The molecule has 2 aromatic heterocycles. The predicted molar refractivity (Wildman–Crippen MR) is 94.3 cm³/mol. The zero-order valence-electron chi connectivity index (χ0n) is 14.1. The van der Waals surface area contributed by atoms with E-state index in [9.17, 15) is 4.79 Å². The van der Waals surface area contributed by atoms with Crippen LogP contribution < -0.4 is 0 Å². The molecule has 1 amide bonds. The summed E-state index contributed by atoms with van der Waals surface area (Å²) in [5.41, 5.74) is 4.46. The van der Waals surface area contributed by atoms with Gasteiger partial charge in [0, 0.05) is 12.1 Å². The van der Waals surface area contributed by atoms with Crippen LogP contribution in [0.2, 0.25) is 0 Å². The first kappa shape index (κ1) is 16.0. The van der Waals surface area contributed by atoms with Gasteiger partial charge in [0.05, 0.1) is 11.2 Å². The zero-order chi connectivity index (χ0) is 17.4. The minimum atomic E-state index is -0.164. The Balaban J connectivity index is 1.59. The highest BCUT2D eigenvalue weighted by atomic mass is 32.1. The second-order valence-corrected chi connectivity index (χ2v) is 7.09. The number of hydrogen-bond acceptors (Lipinski definition) is 6. The van der Waals surface area contributed by atoms with Crippen molar-refractivity contribution in [2.24, 2.45) is 0 Å². The number of carbonyl (C=O) groups is 1. The Hall–Kier alpha value is -2.54. The Kier molecular flexibility index (Phi) is 4.09. The van der Waals surface area contributed by atoms with Crippen LogP contribution in [0.1, 0.15) is 46.4 Å². The molecular weight excluding hydrogens is 336 g/mol. The molecule has 0 aliphatic carbocycles. The molecule has 25 heavy (non-hydrogen) atoms. The second-order valence-electron chi connectivity index (χ2n) is 6.23.